The molecule has 0 heterocycles. The number of aliphatic hydroxyl groups excluding tert-OH is 6. The summed E-state index contributed by atoms with van der Waals surface area (Å²) in [6.07, 6.45) is 34.9. The molecule has 0 amide bonds. The van der Waals surface area contributed by atoms with Crippen molar-refractivity contribution >= 4 is 27.6 Å². The Morgan fingerprint density at radius 3 is 1.67 bits per heavy atom. The molecule has 18 nitrogen and oxygen atoms in total. The Hall–Kier alpha value is -3.68. The maximum atomic E-state index is 13.0. The summed E-state index contributed by atoms with van der Waals surface area (Å²) in [7, 11) is -10.8. The smallest absolute Gasteiger partial charge is 0.462 e. The molecule has 1 aliphatic carbocycles. The zero-order chi connectivity index (χ0) is 54.2. The number of aliphatic hydroxyl groups is 6. The molecular weight excluding hydrogens is 987 g/mol. The number of phosphoric acid groups is 2. The van der Waals surface area contributed by atoms with Gasteiger partial charge in [-0.1, -0.05) is 161 Å². The molecule has 0 bridgehead atoms. The minimum Gasteiger partial charge on any atom is -0.462 e. The van der Waals surface area contributed by atoms with Gasteiger partial charge in [-0.25, -0.2) is 9.13 Å². The second-order valence-electron chi connectivity index (χ2n) is 17.2. The Balaban J connectivity index is 2.68. The molecule has 0 radical (unpaired) electrons. The quantitative estimate of drug-likeness (QED) is 0.00918. The van der Waals surface area contributed by atoms with Crippen LogP contribution in [0.25, 0.3) is 0 Å². The van der Waals surface area contributed by atoms with E-state index < -0.39 is 95.7 Å². The molecule has 0 saturated heterocycles. The normalized spacial score (nSPS) is 22.5. The summed E-state index contributed by atoms with van der Waals surface area (Å²) in [4.78, 5) is 54.4. The minimum absolute atomic E-state index is 0.0532. The van der Waals surface area contributed by atoms with Crippen molar-refractivity contribution in [2.24, 2.45) is 0 Å². The molecule has 0 aromatic carbocycles. The van der Waals surface area contributed by atoms with E-state index in [9.17, 15) is 64.0 Å². The van der Waals surface area contributed by atoms with Crippen LogP contribution in [0.15, 0.2) is 122 Å². The highest BCUT2D eigenvalue weighted by Crippen LogP contribution is 2.49. The van der Waals surface area contributed by atoms with Crippen LogP contribution in [-0.4, -0.2) is 125 Å². The van der Waals surface area contributed by atoms with Gasteiger partial charge >= 0.3 is 27.6 Å². The number of unbranched alkanes of at least 4 members (excludes halogenated alkanes) is 7. The predicted molar refractivity (Wildman–Crippen MR) is 280 cm³/mol. The number of carbonyl (C=O) groups is 2. The third kappa shape index (κ3) is 36.0. The lowest BCUT2D eigenvalue weighted by Crippen LogP contribution is -2.64. The molecule has 1 saturated carbocycles. The average molecular weight is 1070 g/mol. The van der Waals surface area contributed by atoms with Gasteiger partial charge in [-0.05, 0) is 77.0 Å². The summed E-state index contributed by atoms with van der Waals surface area (Å²) < 4.78 is 49.3. The van der Waals surface area contributed by atoms with Crippen LogP contribution >= 0.6 is 15.6 Å². The molecule has 0 aliphatic heterocycles. The van der Waals surface area contributed by atoms with Crippen LogP contribution < -0.4 is 0 Å². The number of esters is 2. The van der Waals surface area contributed by atoms with E-state index in [-0.39, 0.29) is 19.3 Å². The van der Waals surface area contributed by atoms with Gasteiger partial charge in [0.05, 0.1) is 18.8 Å². The van der Waals surface area contributed by atoms with E-state index in [1.165, 1.54) is 6.08 Å². The molecule has 73 heavy (non-hydrogen) atoms. The molecule has 10 atom stereocenters. The number of phosphoric ester groups is 2. The Morgan fingerprint density at radius 2 is 1.04 bits per heavy atom. The van der Waals surface area contributed by atoms with Crippen molar-refractivity contribution in [1.82, 2.24) is 0 Å². The largest absolute Gasteiger partial charge is 0.472 e. The first-order valence-corrected chi connectivity index (χ1v) is 28.3. The van der Waals surface area contributed by atoms with Crippen molar-refractivity contribution < 1.29 is 87.1 Å². The first-order valence-electron chi connectivity index (χ1n) is 25.3. The Kier molecular flexibility index (Phi) is 38.3. The number of ether oxygens (including phenoxy) is 2. The Labute approximate surface area is 432 Å². The predicted octanol–water partition coefficient (Wildman–Crippen LogP) is 8.22. The number of hydrogen-bond acceptors (Lipinski definition) is 15. The molecule has 5 unspecified atom stereocenters. The zero-order valence-electron chi connectivity index (χ0n) is 42.5. The molecule has 0 aromatic heterocycles. The van der Waals surface area contributed by atoms with Crippen LogP contribution in [0.4, 0.5) is 0 Å². The van der Waals surface area contributed by atoms with Gasteiger partial charge < -0.3 is 54.8 Å². The number of rotatable bonds is 40. The van der Waals surface area contributed by atoms with Crippen molar-refractivity contribution in [2.45, 2.75) is 184 Å². The van der Waals surface area contributed by atoms with E-state index in [1.54, 1.807) is 36.5 Å². The number of hydrogen-bond donors (Lipinski definition) is 9. The summed E-state index contributed by atoms with van der Waals surface area (Å²) in [5.74, 6) is -1.42. The summed E-state index contributed by atoms with van der Waals surface area (Å²) in [6.45, 7) is 2.64. The van der Waals surface area contributed by atoms with Crippen LogP contribution in [-0.2, 0) is 41.8 Å². The lowest BCUT2D eigenvalue weighted by atomic mass is 9.85. The van der Waals surface area contributed by atoms with Gasteiger partial charge in [-0.3, -0.25) is 23.2 Å². The van der Waals surface area contributed by atoms with Crippen molar-refractivity contribution in [3.63, 3.8) is 0 Å². The topological polar surface area (TPSA) is 296 Å². The molecule has 1 rings (SSSR count). The van der Waals surface area contributed by atoms with E-state index in [1.807, 2.05) is 37.3 Å². The lowest BCUT2D eigenvalue weighted by Gasteiger charge is -2.43. The molecule has 1 fully saturated rings. The van der Waals surface area contributed by atoms with Crippen LogP contribution in [0.3, 0.4) is 0 Å². The summed E-state index contributed by atoms with van der Waals surface area (Å²) >= 11 is 0. The van der Waals surface area contributed by atoms with Gasteiger partial charge in [0.1, 0.15) is 43.2 Å². The maximum absolute atomic E-state index is 13.0. The molecule has 414 valence electrons. The van der Waals surface area contributed by atoms with E-state index in [0.717, 1.165) is 70.6 Å². The molecule has 0 spiro atoms. The maximum Gasteiger partial charge on any atom is 0.472 e. The van der Waals surface area contributed by atoms with E-state index in [2.05, 4.69) is 60.1 Å². The zero-order valence-corrected chi connectivity index (χ0v) is 44.3. The van der Waals surface area contributed by atoms with Crippen LogP contribution in [0.1, 0.15) is 129 Å². The van der Waals surface area contributed by atoms with Gasteiger partial charge in [0.25, 0.3) is 0 Å². The van der Waals surface area contributed by atoms with Crippen LogP contribution in [0.2, 0.25) is 0 Å². The SMILES string of the molecule is CC/C=C\C/C=C\C/C=C\C/C=C\CCCCCCCCC(=O)OC[C@H](COP(=O)(O)O[C@H]1C(O)C(O)C(O)[C@@H](OP(=O)(O)O)C1O)OC(=O)CCC/C=C\[C@@H](O)/C=C/C=C\C/C=C\C=C\[C@@H](O)C/C=C\CC. The lowest BCUT2D eigenvalue weighted by molar-refractivity contribution is -0.216. The summed E-state index contributed by atoms with van der Waals surface area (Å²) in [6, 6.07) is 0. The van der Waals surface area contributed by atoms with Crippen LogP contribution in [0, 0.1) is 0 Å². The molecule has 0 aromatic rings. The Morgan fingerprint density at radius 1 is 0.521 bits per heavy atom. The number of carbonyl (C=O) groups excluding carboxylic acids is 2. The van der Waals surface area contributed by atoms with Crippen LogP contribution in [0.5, 0.6) is 0 Å². The second-order valence-corrected chi connectivity index (χ2v) is 19.8. The van der Waals surface area contributed by atoms with Crippen molar-refractivity contribution in [3.8, 4) is 0 Å². The molecule has 20 heteroatoms. The van der Waals surface area contributed by atoms with Crippen molar-refractivity contribution in [2.75, 3.05) is 13.2 Å². The van der Waals surface area contributed by atoms with Gasteiger partial charge in [0, 0.05) is 12.8 Å². The minimum atomic E-state index is -5.40. The second kappa shape index (κ2) is 41.6. The fourth-order valence-electron chi connectivity index (χ4n) is 6.81. The van der Waals surface area contributed by atoms with E-state index in [0.29, 0.717) is 25.7 Å². The van der Waals surface area contributed by atoms with Gasteiger partial charge in [-0.15, -0.1) is 0 Å². The first-order chi connectivity index (χ1) is 34.9. The highest BCUT2D eigenvalue weighted by Gasteiger charge is 2.54. The van der Waals surface area contributed by atoms with Crippen molar-refractivity contribution in [3.05, 3.63) is 122 Å². The molecule has 9 N–H and O–H groups in total. The summed E-state index contributed by atoms with van der Waals surface area (Å²) in [5.41, 5.74) is 0. The summed E-state index contributed by atoms with van der Waals surface area (Å²) in [5, 5.41) is 61.4. The third-order valence-corrected chi connectivity index (χ3v) is 12.2. The fourth-order valence-corrected chi connectivity index (χ4v) is 8.35. The van der Waals surface area contributed by atoms with Gasteiger partial charge in [0.15, 0.2) is 6.10 Å². The molecular formula is C53H84O18P2. The first kappa shape index (κ1) is 67.3. The molecule has 1 aliphatic rings. The van der Waals surface area contributed by atoms with E-state index in [4.69, 9.17) is 18.5 Å². The third-order valence-electron chi connectivity index (χ3n) is 10.7. The average Bonchev–Trinajstić information content (AvgIpc) is 3.34. The van der Waals surface area contributed by atoms with Gasteiger partial charge in [-0.2, -0.15) is 0 Å². The highest BCUT2D eigenvalue weighted by atomic mass is 31.2. The van der Waals surface area contributed by atoms with E-state index >= 15 is 0 Å². The standard InChI is InChI=1S/C53H84O18P2/c1-3-5-7-8-9-10-11-12-13-14-15-16-17-18-19-20-24-27-33-39-46(56)67-41-45(42-68-73(65,66)71-53-50(60)48(58)49(59)52(51(53)61)70-72(62,63)64)69-47(57)40-34-28-32-38-44(55)37-31-26-23-21-22-25-30-36-43(54)35-29-6-4-2/h5-7,9-10,12-13,15-16,22-23,25-26,29-32,36-38,43-45,48-55,58-61H,3-4,8,11,14,17-21,24,27-28,33-35,39-42H2,1-2H3,(H,65,66)(H2,62,63,64)/b7-5-,10-9-,13-12-,16-15-,25-22-,26-23-,29-6-,36-30+,37-31+,38-32-/t43-,44-,45+,48?,49?,50?,51?,52+,53-/m0/s1. The highest BCUT2D eigenvalue weighted by molar-refractivity contribution is 7.47. The van der Waals surface area contributed by atoms with Gasteiger partial charge in [0.2, 0.25) is 0 Å². The fraction of sp³-hybridized carbons (Fsp3) is 0.585. The monoisotopic (exact) mass is 1070 g/mol. The van der Waals surface area contributed by atoms with Crippen molar-refractivity contribution in [1.29, 1.82) is 0 Å². The Bertz CT molecular complexity index is 1900. The number of allylic oxidation sites excluding steroid dienone is 16.